The number of hydrogen-bond donors (Lipinski definition) is 0. The van der Waals surface area contributed by atoms with Crippen molar-refractivity contribution in [1.29, 1.82) is 0 Å². The Morgan fingerprint density at radius 1 is 0.895 bits per heavy atom. The third-order valence-corrected chi connectivity index (χ3v) is 0. The molecule has 0 rings (SSSR count). The van der Waals surface area contributed by atoms with Crippen LogP contribution in [0.5, 0.6) is 0 Å². The molecular formula is H4O11PbRuSr4TiZr. The van der Waals surface area contributed by atoms with Gasteiger partial charge in [-0.1, -0.05) is 0 Å². The van der Waals surface area contributed by atoms with Gasteiger partial charge in [-0.05, 0) is 0 Å². The van der Waals surface area contributed by atoms with Crippen LogP contribution in [0.15, 0.2) is 0 Å². The first-order valence-corrected chi connectivity index (χ1v) is 10.4. The molecule has 2 radical (unpaired) electrons. The second-order valence-electron chi connectivity index (χ2n) is 1.09. The Morgan fingerprint density at radius 3 is 0.895 bits per heavy atom. The van der Waals surface area contributed by atoms with Gasteiger partial charge in [0.05, 0.1) is 0 Å². The molecule has 19 heteroatoms. The second-order valence-corrected chi connectivity index (χ2v) is 6.00. The summed E-state index contributed by atoms with van der Waals surface area (Å²) in [5.41, 5.74) is 0. The monoisotopic (exact) mass is 979 g/mol. The zero-order valence-corrected chi connectivity index (χ0v) is 24.4. The van der Waals surface area contributed by atoms with Crippen molar-refractivity contribution in [3.05, 3.63) is 0 Å². The van der Waals surface area contributed by atoms with Gasteiger partial charge in [0.15, 0.2) is 0 Å². The number of hydrogen-bond acceptors (Lipinski definition) is 11. The van der Waals surface area contributed by atoms with E-state index in [9.17, 15) is 0 Å². The first kappa shape index (κ1) is 50.5. The topological polar surface area (TPSA) is 224 Å². The quantitative estimate of drug-likeness (QED) is 0.208. The van der Waals surface area contributed by atoms with Gasteiger partial charge in [-0.15, -0.1) is 0 Å². The molecule has 0 spiro atoms. The maximum atomic E-state index is 8.64. The van der Waals surface area contributed by atoms with Crippen molar-refractivity contribution in [2.24, 2.45) is 0 Å². The van der Waals surface area contributed by atoms with Crippen molar-refractivity contribution >= 4 is 209 Å². The summed E-state index contributed by atoms with van der Waals surface area (Å²) in [4.78, 5) is 0. The summed E-state index contributed by atoms with van der Waals surface area (Å²) >= 11 is -16.1. The van der Waals surface area contributed by atoms with Crippen LogP contribution in [0.25, 0.3) is 0 Å². The van der Waals surface area contributed by atoms with Crippen molar-refractivity contribution in [3.63, 3.8) is 0 Å². The van der Waals surface area contributed by atoms with Crippen LogP contribution < -0.4 is 21.6 Å². The zero-order valence-electron chi connectivity index (χ0n) is 7.76. The molecule has 0 unspecified atom stereocenters. The fourth-order valence-electron chi connectivity index (χ4n) is 0. The van der Waals surface area contributed by atoms with E-state index in [1.165, 1.54) is 0 Å². The minimum absolute atomic E-state index is 0. The van der Waals surface area contributed by atoms with Crippen LogP contribution in [0.3, 0.4) is 0 Å². The van der Waals surface area contributed by atoms with E-state index >= 15 is 0 Å². The van der Waals surface area contributed by atoms with Crippen LogP contribution in [0, 0.1) is 0 Å². The van der Waals surface area contributed by atoms with Gasteiger partial charge in [-0.25, -0.2) is 0 Å². The van der Waals surface area contributed by atoms with Crippen molar-refractivity contribution in [1.82, 2.24) is 0 Å². The Morgan fingerprint density at radius 2 is 0.895 bits per heavy atom. The van der Waals surface area contributed by atoms with Crippen molar-refractivity contribution < 1.29 is 93.9 Å². The van der Waals surface area contributed by atoms with E-state index in [4.69, 9.17) is 38.5 Å². The summed E-state index contributed by atoms with van der Waals surface area (Å²) in [7, 11) is 0. The summed E-state index contributed by atoms with van der Waals surface area (Å²) in [6.45, 7) is 0. The second kappa shape index (κ2) is 28.0. The molecule has 0 aliphatic heterocycles. The maximum absolute atomic E-state index is 8.64. The molecule has 0 aromatic rings. The molecule has 0 heterocycles. The van der Waals surface area contributed by atoms with Crippen molar-refractivity contribution in [2.75, 3.05) is 0 Å². The summed E-state index contributed by atoms with van der Waals surface area (Å²) in [5, 5.41) is 0. The first-order valence-electron chi connectivity index (χ1n) is 1.95. The average molecular weight is 978 g/mol. The third-order valence-electron chi connectivity index (χ3n) is 0. The van der Waals surface area contributed by atoms with E-state index in [-0.39, 0.29) is 209 Å². The normalized spacial score (nSPS) is 8.63. The van der Waals surface area contributed by atoms with E-state index < -0.39 is 55.4 Å². The molecular weight excluding hydrogens is 974 g/mol. The SMILES string of the molecule is [O]=[Ru](=[O])(=[O])([O-])[O-].[O]=[Ti]([O-])[O-].[O]=[Zr]([O-])[O-].[Pb+2].[Sr+2].[Sr+2].[SrH2].[SrH2]. The Hall–Kier alpha value is 7.82. The van der Waals surface area contributed by atoms with Gasteiger partial charge in [0.1, 0.15) is 0 Å². The Labute approximate surface area is 293 Å². The molecule has 0 amide bonds. The van der Waals surface area contributed by atoms with Crippen LogP contribution in [-0.2, 0) is 72.3 Å². The van der Waals surface area contributed by atoms with Gasteiger partial charge >= 0.3 is 303 Å². The van der Waals surface area contributed by atoms with Crippen LogP contribution in [0.1, 0.15) is 0 Å². The predicted octanol–water partition coefficient (Wildman–Crippen LogP) is -10.7. The number of rotatable bonds is 0. The fourth-order valence-corrected chi connectivity index (χ4v) is 0. The van der Waals surface area contributed by atoms with Crippen molar-refractivity contribution in [2.45, 2.75) is 0 Å². The van der Waals surface area contributed by atoms with Crippen molar-refractivity contribution in [3.8, 4) is 0 Å². The summed E-state index contributed by atoms with van der Waals surface area (Å²) in [6, 6.07) is 0. The summed E-state index contributed by atoms with van der Waals surface area (Å²) < 4.78 is 94.8. The molecule has 0 saturated heterocycles. The van der Waals surface area contributed by atoms with Crippen LogP contribution in [0.2, 0.25) is 0 Å². The van der Waals surface area contributed by atoms with Crippen LogP contribution in [-0.4, -0.2) is 209 Å². The molecule has 0 saturated carbocycles. The predicted molar refractivity (Wildman–Crippen MR) is 37.8 cm³/mol. The van der Waals surface area contributed by atoms with Gasteiger partial charge < -0.3 is 0 Å². The Kier molecular flexibility index (Phi) is 74.5. The summed E-state index contributed by atoms with van der Waals surface area (Å²) in [5.74, 6) is 0. The molecule has 98 valence electrons. The average Bonchev–Trinajstić information content (AvgIpc) is 1.47. The van der Waals surface area contributed by atoms with E-state index in [1.54, 1.807) is 0 Å². The zero-order chi connectivity index (χ0) is 12.6. The van der Waals surface area contributed by atoms with Crippen LogP contribution in [0.4, 0.5) is 0 Å². The summed E-state index contributed by atoms with van der Waals surface area (Å²) in [6.07, 6.45) is 0. The fraction of sp³-hybridized carbons (Fsp3) is 0. The van der Waals surface area contributed by atoms with E-state index in [1.807, 2.05) is 0 Å². The molecule has 0 bridgehead atoms. The molecule has 0 aliphatic carbocycles. The van der Waals surface area contributed by atoms with E-state index in [2.05, 4.69) is 0 Å². The van der Waals surface area contributed by atoms with Crippen LogP contribution >= 0.6 is 0 Å². The van der Waals surface area contributed by atoms with Gasteiger partial charge in [-0.3, -0.25) is 0 Å². The Bertz CT molecular complexity index is 342. The molecule has 0 aliphatic rings. The molecule has 0 aromatic heterocycles. The molecule has 0 aromatic carbocycles. The molecule has 19 heavy (non-hydrogen) atoms. The molecule has 0 atom stereocenters. The first-order chi connectivity index (χ1) is 5.70. The molecule has 11 nitrogen and oxygen atoms in total. The minimum atomic E-state index is -7.72. The van der Waals surface area contributed by atoms with Gasteiger partial charge in [-0.2, -0.15) is 0 Å². The van der Waals surface area contributed by atoms with Gasteiger partial charge in [0.25, 0.3) is 0 Å². The van der Waals surface area contributed by atoms with Gasteiger partial charge in [0.2, 0.25) is 0 Å². The van der Waals surface area contributed by atoms with Gasteiger partial charge in [0, 0.05) is 0 Å². The van der Waals surface area contributed by atoms with E-state index in [0.29, 0.717) is 0 Å². The van der Waals surface area contributed by atoms with E-state index in [0.717, 1.165) is 0 Å². The standard InChI is InChI=1S/11O.Pb.Ru.4Sr.Ti.Zr.4H/q;;;;;6*-1;+2;;;;2*+2;;;;;;. The third kappa shape index (κ3) is 239. The molecule has 0 N–H and O–H groups in total. The Balaban J connectivity index is -0.0000000144. The molecule has 0 fully saturated rings.